The number of nitrogens with zero attached hydrogens (tertiary/aromatic N) is 1. The van der Waals surface area contributed by atoms with Crippen LogP contribution in [0.15, 0.2) is 18.2 Å². The molecule has 108 valence electrons. The maximum absolute atomic E-state index is 12.7. The van der Waals surface area contributed by atoms with Gasteiger partial charge in [0.2, 0.25) is 0 Å². The molecular weight excluding hydrogens is 276 g/mol. The van der Waals surface area contributed by atoms with E-state index in [0.717, 1.165) is 25.1 Å². The van der Waals surface area contributed by atoms with Gasteiger partial charge in [-0.3, -0.25) is 4.79 Å². The molecule has 3 rings (SSSR count). The number of hydrogen-bond donors (Lipinski definition) is 1. The lowest BCUT2D eigenvalue weighted by Gasteiger charge is -2.32. The van der Waals surface area contributed by atoms with E-state index in [1.165, 1.54) is 0 Å². The highest BCUT2D eigenvalue weighted by Gasteiger charge is 2.36. The molecule has 0 aliphatic carbocycles. The van der Waals surface area contributed by atoms with Crippen LogP contribution < -0.4 is 5.32 Å². The van der Waals surface area contributed by atoms with E-state index in [1.807, 2.05) is 17.9 Å². The topological polar surface area (TPSA) is 41.6 Å². The van der Waals surface area contributed by atoms with Crippen molar-refractivity contribution < 1.29 is 9.53 Å². The number of nitrogens with one attached hydrogen (secondary N) is 1. The number of benzene rings is 1. The van der Waals surface area contributed by atoms with E-state index < -0.39 is 0 Å². The van der Waals surface area contributed by atoms with Crippen molar-refractivity contribution in [3.63, 3.8) is 0 Å². The molecule has 1 aromatic carbocycles. The molecule has 0 aromatic heterocycles. The van der Waals surface area contributed by atoms with Crippen LogP contribution in [-0.2, 0) is 4.74 Å². The summed E-state index contributed by atoms with van der Waals surface area (Å²) in [6.45, 7) is 4.16. The van der Waals surface area contributed by atoms with E-state index in [0.29, 0.717) is 23.7 Å². The summed E-state index contributed by atoms with van der Waals surface area (Å²) in [5, 5.41) is 3.81. The first-order chi connectivity index (χ1) is 9.67. The molecule has 4 nitrogen and oxygen atoms in total. The predicted octanol–water partition coefficient (Wildman–Crippen LogP) is 2.78. The predicted molar refractivity (Wildman–Crippen MR) is 79.4 cm³/mol. The van der Waals surface area contributed by atoms with Crippen molar-refractivity contribution >= 4 is 23.2 Å². The van der Waals surface area contributed by atoms with E-state index >= 15 is 0 Å². The van der Waals surface area contributed by atoms with Crippen LogP contribution in [0, 0.1) is 0 Å². The second-order valence-electron chi connectivity index (χ2n) is 5.39. The second-order valence-corrected chi connectivity index (χ2v) is 5.82. The van der Waals surface area contributed by atoms with Gasteiger partial charge in [-0.2, -0.15) is 0 Å². The Labute approximate surface area is 124 Å². The molecule has 2 atom stereocenters. The monoisotopic (exact) mass is 294 g/mol. The van der Waals surface area contributed by atoms with Gasteiger partial charge in [0.25, 0.3) is 5.91 Å². The minimum absolute atomic E-state index is 0.0450. The Balaban J connectivity index is 1.84. The van der Waals surface area contributed by atoms with Gasteiger partial charge in [0.1, 0.15) is 0 Å². The summed E-state index contributed by atoms with van der Waals surface area (Å²) in [6.07, 6.45) is 2.53. The largest absolute Gasteiger partial charge is 0.385 e. The molecule has 1 aromatic rings. The van der Waals surface area contributed by atoms with Gasteiger partial charge in [-0.05, 0) is 38.0 Å². The minimum Gasteiger partial charge on any atom is -0.385 e. The zero-order valence-electron chi connectivity index (χ0n) is 11.6. The first-order valence-corrected chi connectivity index (χ1v) is 7.53. The fourth-order valence-electron chi connectivity index (χ4n) is 2.99. The van der Waals surface area contributed by atoms with Gasteiger partial charge in [0, 0.05) is 30.3 Å². The van der Waals surface area contributed by atoms with Crippen molar-refractivity contribution in [3.05, 3.63) is 28.8 Å². The summed E-state index contributed by atoms with van der Waals surface area (Å²) in [4.78, 5) is 14.6. The summed E-state index contributed by atoms with van der Waals surface area (Å²) in [5.74, 6) is 0.0450. The third kappa shape index (κ3) is 2.63. The molecule has 20 heavy (non-hydrogen) atoms. The molecule has 0 radical (unpaired) electrons. The number of anilines is 1. The van der Waals surface area contributed by atoms with Crippen molar-refractivity contribution in [1.29, 1.82) is 0 Å². The highest BCUT2D eigenvalue weighted by Crippen LogP contribution is 2.29. The standard InChI is InChI=1S/C15H19ClN2O2/c1-2-17-14-6-3-10(16)7-13(14)15(19)18-8-11-4-5-12(9-18)20-11/h3,6-7,11-12,17H,2,4-5,8-9H2,1H3. The SMILES string of the molecule is CCNc1ccc(Cl)cc1C(=O)N1CC2CCC(C1)O2. The summed E-state index contributed by atoms with van der Waals surface area (Å²) in [5.41, 5.74) is 1.50. The number of ether oxygens (including phenoxy) is 1. The molecule has 0 saturated carbocycles. The molecule has 2 saturated heterocycles. The van der Waals surface area contributed by atoms with Crippen LogP contribution in [0.3, 0.4) is 0 Å². The fraction of sp³-hybridized carbons (Fsp3) is 0.533. The van der Waals surface area contributed by atoms with Crippen molar-refractivity contribution in [1.82, 2.24) is 4.90 Å². The van der Waals surface area contributed by atoms with Crippen LogP contribution in [0.1, 0.15) is 30.1 Å². The van der Waals surface area contributed by atoms with E-state index in [4.69, 9.17) is 16.3 Å². The fourth-order valence-corrected chi connectivity index (χ4v) is 3.16. The average molecular weight is 295 g/mol. The van der Waals surface area contributed by atoms with Gasteiger partial charge in [-0.25, -0.2) is 0 Å². The Morgan fingerprint density at radius 2 is 2.10 bits per heavy atom. The zero-order valence-corrected chi connectivity index (χ0v) is 12.3. The van der Waals surface area contributed by atoms with Crippen LogP contribution in [-0.4, -0.2) is 42.6 Å². The highest BCUT2D eigenvalue weighted by molar-refractivity contribution is 6.31. The number of rotatable bonds is 3. The Bertz CT molecular complexity index is 509. The van der Waals surface area contributed by atoms with Crippen LogP contribution in [0.4, 0.5) is 5.69 Å². The molecular formula is C15H19ClN2O2. The molecule has 2 aliphatic heterocycles. The van der Waals surface area contributed by atoms with Crippen LogP contribution >= 0.6 is 11.6 Å². The molecule has 2 fully saturated rings. The van der Waals surface area contributed by atoms with Crippen molar-refractivity contribution in [2.24, 2.45) is 0 Å². The van der Waals surface area contributed by atoms with Gasteiger partial charge < -0.3 is 15.0 Å². The van der Waals surface area contributed by atoms with E-state index in [9.17, 15) is 4.79 Å². The van der Waals surface area contributed by atoms with E-state index in [1.54, 1.807) is 12.1 Å². The Hall–Kier alpha value is -1.26. The quantitative estimate of drug-likeness (QED) is 0.932. The van der Waals surface area contributed by atoms with Gasteiger partial charge >= 0.3 is 0 Å². The number of morpholine rings is 1. The lowest BCUT2D eigenvalue weighted by atomic mass is 10.1. The molecule has 5 heteroatoms. The van der Waals surface area contributed by atoms with Crippen molar-refractivity contribution in [3.8, 4) is 0 Å². The molecule has 2 unspecified atom stereocenters. The minimum atomic E-state index is 0.0450. The smallest absolute Gasteiger partial charge is 0.256 e. The number of carbonyl (C=O) groups excluding carboxylic acids is 1. The first kappa shape index (κ1) is 13.7. The number of likely N-dealkylation sites (tertiary alicyclic amines) is 1. The summed E-state index contributed by atoms with van der Waals surface area (Å²) < 4.78 is 5.78. The number of amides is 1. The molecule has 2 bridgehead atoms. The molecule has 0 spiro atoms. The molecule has 2 heterocycles. The number of carbonyl (C=O) groups is 1. The van der Waals surface area contributed by atoms with Crippen LogP contribution in [0.25, 0.3) is 0 Å². The Kier molecular flexibility index (Phi) is 3.85. The van der Waals surface area contributed by atoms with Crippen LogP contribution in [0.2, 0.25) is 5.02 Å². The normalized spacial score (nSPS) is 24.8. The third-order valence-corrected chi connectivity index (χ3v) is 4.15. The molecule has 1 N–H and O–H groups in total. The van der Waals surface area contributed by atoms with E-state index in [2.05, 4.69) is 5.32 Å². The highest BCUT2D eigenvalue weighted by atomic mass is 35.5. The average Bonchev–Trinajstić information content (AvgIpc) is 2.79. The number of hydrogen-bond acceptors (Lipinski definition) is 3. The molecule has 1 amide bonds. The Morgan fingerprint density at radius 1 is 1.40 bits per heavy atom. The van der Waals surface area contributed by atoms with Gasteiger partial charge in [0.15, 0.2) is 0 Å². The lowest BCUT2D eigenvalue weighted by Crippen LogP contribution is -2.46. The summed E-state index contributed by atoms with van der Waals surface area (Å²) in [7, 11) is 0. The van der Waals surface area contributed by atoms with Crippen molar-refractivity contribution in [2.75, 3.05) is 25.0 Å². The lowest BCUT2D eigenvalue weighted by molar-refractivity contribution is -0.0303. The first-order valence-electron chi connectivity index (χ1n) is 7.15. The van der Waals surface area contributed by atoms with Gasteiger partial charge in [-0.15, -0.1) is 0 Å². The molecule has 2 aliphatic rings. The van der Waals surface area contributed by atoms with Crippen LogP contribution in [0.5, 0.6) is 0 Å². The second kappa shape index (κ2) is 5.62. The van der Waals surface area contributed by atoms with Crippen molar-refractivity contribution in [2.45, 2.75) is 32.0 Å². The third-order valence-electron chi connectivity index (χ3n) is 3.91. The van der Waals surface area contributed by atoms with Gasteiger partial charge in [0.05, 0.1) is 17.8 Å². The maximum atomic E-state index is 12.7. The summed E-state index contributed by atoms with van der Waals surface area (Å²) >= 11 is 6.05. The zero-order chi connectivity index (χ0) is 14.1. The number of halogens is 1. The number of fused-ring (bicyclic) bond motifs is 2. The Morgan fingerprint density at radius 3 is 2.75 bits per heavy atom. The van der Waals surface area contributed by atoms with E-state index in [-0.39, 0.29) is 18.1 Å². The van der Waals surface area contributed by atoms with Gasteiger partial charge in [-0.1, -0.05) is 11.6 Å². The maximum Gasteiger partial charge on any atom is 0.256 e. The summed E-state index contributed by atoms with van der Waals surface area (Å²) in [6, 6.07) is 5.42.